The molecule has 0 spiro atoms. The van der Waals surface area contributed by atoms with Gasteiger partial charge in [-0.05, 0) is 72.8 Å². The lowest BCUT2D eigenvalue weighted by molar-refractivity contribution is 0.0955. The summed E-state index contributed by atoms with van der Waals surface area (Å²) in [6.45, 7) is 0. The van der Waals surface area contributed by atoms with Crippen LogP contribution < -0.4 is 21.3 Å². The van der Waals surface area contributed by atoms with E-state index < -0.39 is 0 Å². The predicted octanol–water partition coefficient (Wildman–Crippen LogP) is 2.91. The molecule has 3 aromatic rings. The molecule has 0 radical (unpaired) electrons. The van der Waals surface area contributed by atoms with Crippen molar-refractivity contribution in [2.24, 2.45) is 0 Å². The van der Waals surface area contributed by atoms with Crippen LogP contribution in [-0.2, 0) is 0 Å². The van der Waals surface area contributed by atoms with E-state index in [1.807, 2.05) is 0 Å². The fraction of sp³-hybridized carbons (Fsp3) is 0.0833. The van der Waals surface area contributed by atoms with Crippen molar-refractivity contribution >= 4 is 35.0 Å². The molecule has 0 aromatic heterocycles. The number of hydrogen-bond donors (Lipinski definition) is 4. The van der Waals surface area contributed by atoms with Crippen molar-refractivity contribution in [1.29, 1.82) is 0 Å². The zero-order valence-corrected chi connectivity index (χ0v) is 17.6. The summed E-state index contributed by atoms with van der Waals surface area (Å²) in [4.78, 5) is 48.1. The average molecular weight is 430 g/mol. The second kappa shape index (κ2) is 10.0. The maximum absolute atomic E-state index is 12.4. The molecule has 0 saturated carbocycles. The fourth-order valence-electron chi connectivity index (χ4n) is 2.88. The molecule has 0 fully saturated rings. The van der Waals surface area contributed by atoms with Crippen LogP contribution in [-0.4, -0.2) is 37.7 Å². The maximum atomic E-state index is 12.4. The summed E-state index contributed by atoms with van der Waals surface area (Å²) >= 11 is 0. The Kier molecular flexibility index (Phi) is 6.97. The first-order valence-corrected chi connectivity index (χ1v) is 9.78. The number of carbonyl (C=O) groups is 4. The van der Waals surface area contributed by atoms with Crippen molar-refractivity contribution in [2.75, 3.05) is 24.7 Å². The van der Waals surface area contributed by atoms with E-state index in [0.29, 0.717) is 33.6 Å². The van der Waals surface area contributed by atoms with Gasteiger partial charge in [0.1, 0.15) is 0 Å². The Labute approximate surface area is 185 Å². The largest absolute Gasteiger partial charge is 0.355 e. The topological polar surface area (TPSA) is 116 Å². The minimum Gasteiger partial charge on any atom is -0.355 e. The summed E-state index contributed by atoms with van der Waals surface area (Å²) in [6, 6.07) is 19.2. The van der Waals surface area contributed by atoms with Gasteiger partial charge in [0.25, 0.3) is 23.6 Å². The van der Waals surface area contributed by atoms with Gasteiger partial charge in [-0.2, -0.15) is 0 Å². The average Bonchev–Trinajstić information content (AvgIpc) is 2.84. The van der Waals surface area contributed by atoms with Gasteiger partial charge in [-0.3, -0.25) is 19.2 Å². The Morgan fingerprint density at radius 1 is 0.438 bits per heavy atom. The van der Waals surface area contributed by atoms with Crippen LogP contribution in [0.3, 0.4) is 0 Å². The smallest absolute Gasteiger partial charge is 0.255 e. The number of rotatable bonds is 6. The fourth-order valence-corrected chi connectivity index (χ4v) is 2.88. The molecule has 162 valence electrons. The van der Waals surface area contributed by atoms with Crippen molar-refractivity contribution in [2.45, 2.75) is 0 Å². The number of nitrogens with one attached hydrogen (secondary N) is 4. The van der Waals surface area contributed by atoms with E-state index in [9.17, 15) is 19.2 Å². The van der Waals surface area contributed by atoms with E-state index in [1.165, 1.54) is 0 Å². The first-order chi connectivity index (χ1) is 15.4. The first-order valence-electron chi connectivity index (χ1n) is 9.78. The van der Waals surface area contributed by atoms with Crippen LogP contribution in [0.25, 0.3) is 0 Å². The molecule has 3 rings (SSSR count). The minimum absolute atomic E-state index is 0.209. The third-order valence-corrected chi connectivity index (χ3v) is 4.67. The Morgan fingerprint density at radius 3 is 0.969 bits per heavy atom. The summed E-state index contributed by atoms with van der Waals surface area (Å²) < 4.78 is 0. The highest BCUT2D eigenvalue weighted by Gasteiger charge is 2.11. The van der Waals surface area contributed by atoms with Crippen LogP contribution in [0.4, 0.5) is 11.4 Å². The van der Waals surface area contributed by atoms with Crippen LogP contribution in [0.15, 0.2) is 72.8 Å². The SMILES string of the molecule is CNC(=O)c1ccc(NC(=O)c2ccc(C(=O)Nc3ccc(C(=O)NC)cc3)cc2)cc1. The van der Waals surface area contributed by atoms with Gasteiger partial charge in [-0.1, -0.05) is 0 Å². The molecule has 8 heteroatoms. The van der Waals surface area contributed by atoms with E-state index in [2.05, 4.69) is 21.3 Å². The molecule has 0 heterocycles. The molecule has 4 N–H and O–H groups in total. The van der Waals surface area contributed by atoms with Crippen LogP contribution in [0.1, 0.15) is 41.4 Å². The molecular formula is C24H22N4O4. The molecule has 0 aliphatic carbocycles. The number of anilines is 2. The number of amides is 4. The zero-order chi connectivity index (χ0) is 23.1. The predicted molar refractivity (Wildman–Crippen MR) is 122 cm³/mol. The lowest BCUT2D eigenvalue weighted by atomic mass is 10.1. The third kappa shape index (κ3) is 5.37. The highest BCUT2D eigenvalue weighted by atomic mass is 16.2. The van der Waals surface area contributed by atoms with Crippen LogP contribution in [0.5, 0.6) is 0 Å². The summed E-state index contributed by atoms with van der Waals surface area (Å²) in [7, 11) is 3.09. The minimum atomic E-state index is -0.338. The molecule has 0 aliphatic rings. The van der Waals surface area contributed by atoms with Gasteiger partial charge in [0.05, 0.1) is 0 Å². The molecular weight excluding hydrogens is 408 g/mol. The second-order valence-electron chi connectivity index (χ2n) is 6.80. The standard InChI is InChI=1S/C24H22N4O4/c1-25-21(29)15-7-11-19(12-8-15)27-23(31)17-3-5-18(6-4-17)24(32)28-20-13-9-16(10-14-20)22(30)26-2/h3-14H,1-2H3,(H,25,29)(H,26,30)(H,27,31)(H,28,32). The van der Waals surface area contributed by atoms with E-state index >= 15 is 0 Å². The quantitative estimate of drug-likeness (QED) is 0.481. The van der Waals surface area contributed by atoms with Gasteiger partial charge in [-0.15, -0.1) is 0 Å². The van der Waals surface area contributed by atoms with Crippen LogP contribution in [0, 0.1) is 0 Å². The Morgan fingerprint density at radius 2 is 0.688 bits per heavy atom. The van der Waals surface area contributed by atoms with E-state index in [4.69, 9.17) is 0 Å². The molecule has 0 unspecified atom stereocenters. The first kappa shape index (κ1) is 22.2. The summed E-state index contributed by atoms with van der Waals surface area (Å²) in [6.07, 6.45) is 0. The highest BCUT2D eigenvalue weighted by molar-refractivity contribution is 6.07. The molecule has 3 aromatic carbocycles. The van der Waals surface area contributed by atoms with Crippen molar-refractivity contribution in [3.05, 3.63) is 95.1 Å². The maximum Gasteiger partial charge on any atom is 0.255 e. The van der Waals surface area contributed by atoms with Crippen molar-refractivity contribution in [3.8, 4) is 0 Å². The summed E-state index contributed by atoms with van der Waals surface area (Å²) in [5.74, 6) is -1.10. The molecule has 4 amide bonds. The van der Waals surface area contributed by atoms with Gasteiger partial charge < -0.3 is 21.3 Å². The van der Waals surface area contributed by atoms with Crippen molar-refractivity contribution in [3.63, 3.8) is 0 Å². The normalized spacial score (nSPS) is 10.1. The van der Waals surface area contributed by atoms with Gasteiger partial charge in [0.15, 0.2) is 0 Å². The molecule has 0 aliphatic heterocycles. The van der Waals surface area contributed by atoms with Gasteiger partial charge in [-0.25, -0.2) is 0 Å². The molecule has 8 nitrogen and oxygen atoms in total. The van der Waals surface area contributed by atoms with Gasteiger partial charge in [0.2, 0.25) is 0 Å². The number of carbonyl (C=O) groups excluding carboxylic acids is 4. The number of hydrogen-bond acceptors (Lipinski definition) is 4. The van der Waals surface area contributed by atoms with Gasteiger partial charge >= 0.3 is 0 Å². The Balaban J connectivity index is 1.61. The van der Waals surface area contributed by atoms with Crippen LogP contribution in [0.2, 0.25) is 0 Å². The van der Waals surface area contributed by atoms with Crippen molar-refractivity contribution < 1.29 is 19.2 Å². The van der Waals surface area contributed by atoms with E-state index in [1.54, 1.807) is 86.9 Å². The van der Waals surface area contributed by atoms with E-state index in [0.717, 1.165) is 0 Å². The Bertz CT molecular complexity index is 1050. The highest BCUT2D eigenvalue weighted by Crippen LogP contribution is 2.14. The lowest BCUT2D eigenvalue weighted by Gasteiger charge is -2.08. The monoisotopic (exact) mass is 430 g/mol. The van der Waals surface area contributed by atoms with Crippen LogP contribution >= 0.6 is 0 Å². The Hall–Kier alpha value is -4.46. The molecule has 0 saturated heterocycles. The van der Waals surface area contributed by atoms with Crippen molar-refractivity contribution in [1.82, 2.24) is 10.6 Å². The molecule has 0 atom stereocenters. The van der Waals surface area contributed by atoms with Gasteiger partial charge in [0, 0.05) is 47.7 Å². The third-order valence-electron chi connectivity index (χ3n) is 4.67. The lowest BCUT2D eigenvalue weighted by Crippen LogP contribution is -2.18. The summed E-state index contributed by atoms with van der Waals surface area (Å²) in [5, 5.41) is 10.6. The second-order valence-corrected chi connectivity index (χ2v) is 6.80. The zero-order valence-electron chi connectivity index (χ0n) is 17.6. The number of benzene rings is 3. The molecule has 32 heavy (non-hydrogen) atoms. The van der Waals surface area contributed by atoms with E-state index in [-0.39, 0.29) is 23.6 Å². The molecule has 0 bridgehead atoms. The summed E-state index contributed by atoms with van der Waals surface area (Å²) in [5.41, 5.74) is 2.83.